The Kier molecular flexibility index (Phi) is 2.59. The Hall–Kier alpha value is -2.53. The predicted octanol–water partition coefficient (Wildman–Crippen LogP) is 3.78. The fraction of sp³-hybridized carbons (Fsp3) is 0.0625. The standard InChI is InChI=1S/C16H11NO/c17-11-16-14-9-5-4-8-13(14)10-15(18-16)12-6-2-1-3-7-12/h1-10,16H. The van der Waals surface area contributed by atoms with E-state index in [1.165, 1.54) is 0 Å². The molecule has 2 heteroatoms. The summed E-state index contributed by atoms with van der Waals surface area (Å²) in [7, 11) is 0. The van der Waals surface area contributed by atoms with Gasteiger partial charge in [0.25, 0.3) is 0 Å². The Bertz CT molecular complexity index is 638. The molecule has 0 saturated heterocycles. The lowest BCUT2D eigenvalue weighted by Crippen LogP contribution is -2.08. The van der Waals surface area contributed by atoms with Crippen LogP contribution in [-0.2, 0) is 4.74 Å². The van der Waals surface area contributed by atoms with Crippen molar-refractivity contribution < 1.29 is 4.74 Å². The molecule has 0 spiro atoms. The van der Waals surface area contributed by atoms with Gasteiger partial charge in [-0.3, -0.25) is 0 Å². The van der Waals surface area contributed by atoms with Gasteiger partial charge in [0.05, 0.1) is 0 Å². The van der Waals surface area contributed by atoms with Crippen LogP contribution in [-0.4, -0.2) is 0 Å². The van der Waals surface area contributed by atoms with E-state index in [9.17, 15) is 5.26 Å². The molecule has 0 aliphatic carbocycles. The van der Waals surface area contributed by atoms with Gasteiger partial charge >= 0.3 is 0 Å². The molecule has 0 N–H and O–H groups in total. The van der Waals surface area contributed by atoms with E-state index in [0.29, 0.717) is 0 Å². The molecule has 0 radical (unpaired) electrons. The minimum absolute atomic E-state index is 0.526. The zero-order valence-corrected chi connectivity index (χ0v) is 9.71. The van der Waals surface area contributed by atoms with Crippen LogP contribution >= 0.6 is 0 Å². The van der Waals surface area contributed by atoms with Crippen LogP contribution in [0.25, 0.3) is 11.8 Å². The fourth-order valence-corrected chi connectivity index (χ4v) is 2.10. The lowest BCUT2D eigenvalue weighted by molar-refractivity contribution is 0.220. The van der Waals surface area contributed by atoms with Crippen molar-refractivity contribution in [1.82, 2.24) is 0 Å². The molecule has 3 rings (SSSR count). The van der Waals surface area contributed by atoms with E-state index in [1.54, 1.807) is 0 Å². The SMILES string of the molecule is N#CC1OC(c2ccccc2)=Cc2ccccc21. The van der Waals surface area contributed by atoms with E-state index >= 15 is 0 Å². The highest BCUT2D eigenvalue weighted by Gasteiger charge is 2.22. The van der Waals surface area contributed by atoms with Gasteiger partial charge in [-0.25, -0.2) is 0 Å². The van der Waals surface area contributed by atoms with Crippen molar-refractivity contribution in [3.05, 3.63) is 71.3 Å². The molecule has 86 valence electrons. The zero-order valence-electron chi connectivity index (χ0n) is 9.71. The molecule has 2 aromatic carbocycles. The summed E-state index contributed by atoms with van der Waals surface area (Å²) in [6, 6.07) is 19.9. The summed E-state index contributed by atoms with van der Waals surface area (Å²) in [6.07, 6.45) is 1.46. The number of hydrogen-bond donors (Lipinski definition) is 0. The molecule has 18 heavy (non-hydrogen) atoms. The average molecular weight is 233 g/mol. The maximum Gasteiger partial charge on any atom is 0.210 e. The third-order valence-electron chi connectivity index (χ3n) is 2.99. The Balaban J connectivity index is 2.11. The van der Waals surface area contributed by atoms with Gasteiger partial charge in [0, 0.05) is 11.1 Å². The van der Waals surface area contributed by atoms with Gasteiger partial charge in [-0.1, -0.05) is 54.6 Å². The van der Waals surface area contributed by atoms with Crippen molar-refractivity contribution >= 4 is 11.8 Å². The van der Waals surface area contributed by atoms with Gasteiger partial charge in [-0.2, -0.15) is 5.26 Å². The molecule has 1 atom stereocenters. The van der Waals surface area contributed by atoms with Crippen LogP contribution < -0.4 is 0 Å². The second-order valence-corrected chi connectivity index (χ2v) is 4.13. The molecule has 1 aliphatic rings. The molecule has 0 bridgehead atoms. The van der Waals surface area contributed by atoms with Crippen molar-refractivity contribution in [3.8, 4) is 6.07 Å². The van der Waals surface area contributed by atoms with Crippen LogP contribution in [0.15, 0.2) is 54.6 Å². The van der Waals surface area contributed by atoms with Gasteiger partial charge in [0.15, 0.2) is 0 Å². The van der Waals surface area contributed by atoms with E-state index in [2.05, 4.69) is 6.07 Å². The second kappa shape index (κ2) is 4.38. The Morgan fingerprint density at radius 2 is 1.67 bits per heavy atom. The first-order chi connectivity index (χ1) is 8.88. The maximum atomic E-state index is 9.20. The van der Waals surface area contributed by atoms with E-state index in [-0.39, 0.29) is 0 Å². The number of nitriles is 1. The first-order valence-electron chi connectivity index (χ1n) is 5.81. The van der Waals surface area contributed by atoms with Gasteiger partial charge in [0.1, 0.15) is 11.8 Å². The Labute approximate surface area is 106 Å². The lowest BCUT2D eigenvalue weighted by Gasteiger charge is -2.22. The third-order valence-corrected chi connectivity index (χ3v) is 2.99. The summed E-state index contributed by atoms with van der Waals surface area (Å²) >= 11 is 0. The van der Waals surface area contributed by atoms with Gasteiger partial charge < -0.3 is 4.74 Å². The van der Waals surface area contributed by atoms with Crippen molar-refractivity contribution in [2.75, 3.05) is 0 Å². The summed E-state index contributed by atoms with van der Waals surface area (Å²) in [5.41, 5.74) is 2.97. The molecular weight excluding hydrogens is 222 g/mol. The molecular formula is C16H11NO. The number of fused-ring (bicyclic) bond motifs is 1. The summed E-state index contributed by atoms with van der Waals surface area (Å²) in [5.74, 6) is 0.751. The highest BCUT2D eigenvalue weighted by atomic mass is 16.5. The first-order valence-corrected chi connectivity index (χ1v) is 5.81. The number of benzene rings is 2. The average Bonchev–Trinajstić information content (AvgIpc) is 2.47. The molecule has 2 nitrogen and oxygen atoms in total. The highest BCUT2D eigenvalue weighted by Crippen LogP contribution is 2.34. The smallest absolute Gasteiger partial charge is 0.210 e. The predicted molar refractivity (Wildman–Crippen MR) is 70.2 cm³/mol. The minimum Gasteiger partial charge on any atom is -0.470 e. The molecule has 0 fully saturated rings. The monoisotopic (exact) mass is 233 g/mol. The molecule has 0 aromatic heterocycles. The van der Waals surface area contributed by atoms with Gasteiger partial charge in [-0.15, -0.1) is 0 Å². The van der Waals surface area contributed by atoms with Gasteiger partial charge in [-0.05, 0) is 11.6 Å². The molecule has 1 unspecified atom stereocenters. The Morgan fingerprint density at radius 1 is 0.944 bits per heavy atom. The maximum absolute atomic E-state index is 9.20. The molecule has 0 amide bonds. The van der Waals surface area contributed by atoms with Crippen molar-refractivity contribution in [3.63, 3.8) is 0 Å². The third kappa shape index (κ3) is 1.76. The van der Waals surface area contributed by atoms with E-state index < -0.39 is 6.10 Å². The normalized spacial score (nSPS) is 17.1. The van der Waals surface area contributed by atoms with E-state index in [0.717, 1.165) is 22.4 Å². The van der Waals surface area contributed by atoms with E-state index in [4.69, 9.17) is 4.74 Å². The van der Waals surface area contributed by atoms with Crippen LogP contribution in [0.2, 0.25) is 0 Å². The van der Waals surface area contributed by atoms with Crippen LogP contribution in [0.3, 0.4) is 0 Å². The quantitative estimate of drug-likeness (QED) is 0.751. The van der Waals surface area contributed by atoms with Crippen molar-refractivity contribution in [2.24, 2.45) is 0 Å². The molecule has 1 heterocycles. The van der Waals surface area contributed by atoms with Crippen LogP contribution in [0.5, 0.6) is 0 Å². The summed E-state index contributed by atoms with van der Waals surface area (Å²) in [6.45, 7) is 0. The lowest BCUT2D eigenvalue weighted by atomic mass is 9.98. The second-order valence-electron chi connectivity index (χ2n) is 4.13. The first kappa shape index (κ1) is 10.6. The van der Waals surface area contributed by atoms with Crippen molar-refractivity contribution in [2.45, 2.75) is 6.10 Å². The number of hydrogen-bond acceptors (Lipinski definition) is 2. The number of ether oxygens (including phenoxy) is 1. The van der Waals surface area contributed by atoms with Crippen LogP contribution in [0, 0.1) is 11.3 Å². The van der Waals surface area contributed by atoms with E-state index in [1.807, 2.05) is 60.7 Å². The number of rotatable bonds is 1. The summed E-state index contributed by atoms with van der Waals surface area (Å²) in [5, 5.41) is 9.20. The van der Waals surface area contributed by atoms with Gasteiger partial charge in [0.2, 0.25) is 6.10 Å². The molecule has 1 aliphatic heterocycles. The topological polar surface area (TPSA) is 33.0 Å². The zero-order chi connectivity index (χ0) is 12.4. The van der Waals surface area contributed by atoms with Crippen LogP contribution in [0.4, 0.5) is 0 Å². The van der Waals surface area contributed by atoms with Crippen LogP contribution in [0.1, 0.15) is 22.8 Å². The summed E-state index contributed by atoms with van der Waals surface area (Å²) < 4.78 is 5.75. The Morgan fingerprint density at radius 3 is 2.44 bits per heavy atom. The molecule has 2 aromatic rings. The summed E-state index contributed by atoms with van der Waals surface area (Å²) in [4.78, 5) is 0. The fourth-order valence-electron chi connectivity index (χ4n) is 2.10. The highest BCUT2D eigenvalue weighted by molar-refractivity contribution is 5.80. The molecule has 0 saturated carbocycles. The largest absolute Gasteiger partial charge is 0.470 e. The minimum atomic E-state index is -0.526. The van der Waals surface area contributed by atoms with Crippen molar-refractivity contribution in [1.29, 1.82) is 5.26 Å². The number of nitrogens with zero attached hydrogens (tertiary/aromatic N) is 1.